The fraction of sp³-hybridized carbons (Fsp3) is 0.316. The molecule has 0 aliphatic heterocycles. The molecule has 0 amide bonds. The molecule has 8 heteroatoms. The van der Waals surface area contributed by atoms with Crippen LogP contribution < -0.4 is 10.6 Å². The van der Waals surface area contributed by atoms with Crippen LogP contribution in [0.25, 0.3) is 0 Å². The van der Waals surface area contributed by atoms with Crippen LogP contribution in [0.15, 0.2) is 53.5 Å². The topological polar surface area (TPSA) is 70.6 Å². The van der Waals surface area contributed by atoms with Gasteiger partial charge < -0.3 is 10.6 Å². The van der Waals surface area contributed by atoms with E-state index >= 15 is 0 Å². The van der Waals surface area contributed by atoms with Gasteiger partial charge in [-0.15, -0.1) is 24.0 Å². The molecule has 2 aromatic rings. The average Bonchev–Trinajstić information content (AvgIpc) is 2.59. The van der Waals surface area contributed by atoms with Crippen molar-refractivity contribution >= 4 is 39.8 Å². The summed E-state index contributed by atoms with van der Waals surface area (Å²) in [5.41, 5.74) is 2.26. The van der Waals surface area contributed by atoms with Gasteiger partial charge in [0.1, 0.15) is 5.82 Å². The number of sulfone groups is 1. The van der Waals surface area contributed by atoms with E-state index in [2.05, 4.69) is 15.6 Å². The number of benzene rings is 2. The lowest BCUT2D eigenvalue weighted by Crippen LogP contribution is -2.37. The minimum Gasteiger partial charge on any atom is -0.357 e. The van der Waals surface area contributed by atoms with E-state index in [1.54, 1.807) is 0 Å². The maximum absolute atomic E-state index is 13.6. The molecule has 0 bridgehead atoms. The van der Waals surface area contributed by atoms with Gasteiger partial charge in [0.15, 0.2) is 15.8 Å². The third-order valence-corrected chi connectivity index (χ3v) is 4.47. The van der Waals surface area contributed by atoms with Gasteiger partial charge in [-0.25, -0.2) is 17.8 Å². The van der Waals surface area contributed by atoms with E-state index in [-0.39, 0.29) is 36.3 Å². The molecule has 0 saturated heterocycles. The van der Waals surface area contributed by atoms with Gasteiger partial charge in [-0.3, -0.25) is 0 Å². The van der Waals surface area contributed by atoms with Crippen LogP contribution in [0.3, 0.4) is 0 Å². The Hall–Kier alpha value is -1.68. The van der Waals surface area contributed by atoms with Crippen molar-refractivity contribution in [3.05, 3.63) is 71.0 Å². The first kappa shape index (κ1) is 23.4. The standard InChI is InChI=1S/C19H24FN3O2S.HI/c1-3-21-19(22-12-15-7-5-4-6-8-15)23-13-17-11-18(20)10-9-16(17)14-26(2,24)25;/h4-11H,3,12-14H2,1-2H3,(H2,21,22,23);1H. The highest BCUT2D eigenvalue weighted by Crippen LogP contribution is 2.14. The van der Waals surface area contributed by atoms with E-state index in [0.29, 0.717) is 30.2 Å². The molecular weight excluding hydrogens is 480 g/mol. The van der Waals surface area contributed by atoms with E-state index in [0.717, 1.165) is 5.56 Å². The number of nitrogens with one attached hydrogen (secondary N) is 2. The van der Waals surface area contributed by atoms with Crippen LogP contribution in [-0.4, -0.2) is 27.2 Å². The van der Waals surface area contributed by atoms with Crippen LogP contribution in [0.1, 0.15) is 23.6 Å². The SMILES string of the molecule is CCNC(=NCc1ccccc1)NCc1cc(F)ccc1CS(C)(=O)=O.I. The molecule has 27 heavy (non-hydrogen) atoms. The number of nitrogens with zero attached hydrogens (tertiary/aromatic N) is 1. The maximum Gasteiger partial charge on any atom is 0.191 e. The normalized spacial score (nSPS) is 11.6. The summed E-state index contributed by atoms with van der Waals surface area (Å²) in [5, 5.41) is 6.27. The largest absolute Gasteiger partial charge is 0.357 e. The van der Waals surface area contributed by atoms with Crippen molar-refractivity contribution < 1.29 is 12.8 Å². The summed E-state index contributed by atoms with van der Waals surface area (Å²) < 4.78 is 36.8. The fourth-order valence-electron chi connectivity index (χ4n) is 2.46. The predicted octanol–water partition coefficient (Wildman–Crippen LogP) is 3.24. The summed E-state index contributed by atoms with van der Waals surface area (Å²) in [6.45, 7) is 3.43. The third-order valence-electron chi connectivity index (χ3n) is 3.64. The molecule has 0 aliphatic carbocycles. The zero-order valence-corrected chi connectivity index (χ0v) is 18.6. The number of halogens is 2. The van der Waals surface area contributed by atoms with Gasteiger partial charge in [-0.2, -0.15) is 0 Å². The molecule has 0 unspecified atom stereocenters. The number of aliphatic imine (C=N–C) groups is 1. The van der Waals surface area contributed by atoms with Crippen molar-refractivity contribution in [3.8, 4) is 0 Å². The minimum atomic E-state index is -3.20. The van der Waals surface area contributed by atoms with Gasteiger partial charge in [-0.05, 0) is 35.7 Å². The molecule has 0 aliphatic rings. The highest BCUT2D eigenvalue weighted by molar-refractivity contribution is 14.0. The minimum absolute atomic E-state index is 0. The Bertz CT molecular complexity index is 859. The second kappa shape index (κ2) is 11.2. The van der Waals surface area contributed by atoms with E-state index in [1.807, 2.05) is 37.3 Å². The molecule has 0 atom stereocenters. The quantitative estimate of drug-likeness (QED) is 0.345. The van der Waals surface area contributed by atoms with Crippen LogP contribution in [-0.2, 0) is 28.7 Å². The number of rotatable bonds is 7. The first-order valence-electron chi connectivity index (χ1n) is 8.38. The second-order valence-corrected chi connectivity index (χ2v) is 8.16. The zero-order chi connectivity index (χ0) is 19.0. The number of hydrogen-bond acceptors (Lipinski definition) is 3. The zero-order valence-electron chi connectivity index (χ0n) is 15.4. The molecule has 0 spiro atoms. The number of guanidine groups is 1. The Morgan fingerprint density at radius 2 is 1.78 bits per heavy atom. The van der Waals surface area contributed by atoms with Crippen molar-refractivity contribution in [2.75, 3.05) is 12.8 Å². The van der Waals surface area contributed by atoms with Crippen LogP contribution in [0.4, 0.5) is 4.39 Å². The molecule has 0 aromatic heterocycles. The van der Waals surface area contributed by atoms with Gasteiger partial charge in [0.05, 0.1) is 12.3 Å². The summed E-state index contributed by atoms with van der Waals surface area (Å²) in [4.78, 5) is 4.51. The first-order chi connectivity index (χ1) is 12.4. The molecular formula is C19H25FIN3O2S. The monoisotopic (exact) mass is 505 g/mol. The van der Waals surface area contributed by atoms with Crippen molar-refractivity contribution in [1.82, 2.24) is 10.6 Å². The number of hydrogen-bond donors (Lipinski definition) is 2. The van der Waals surface area contributed by atoms with Crippen molar-refractivity contribution in [1.29, 1.82) is 0 Å². The molecule has 0 fully saturated rings. The summed E-state index contributed by atoms with van der Waals surface area (Å²) in [6.07, 6.45) is 1.17. The molecule has 148 valence electrons. The second-order valence-electron chi connectivity index (χ2n) is 6.02. The van der Waals surface area contributed by atoms with Crippen LogP contribution in [0, 0.1) is 5.82 Å². The summed E-state index contributed by atoms with van der Waals surface area (Å²) in [6, 6.07) is 14.0. The van der Waals surface area contributed by atoms with Gasteiger partial charge in [0.2, 0.25) is 0 Å². The lowest BCUT2D eigenvalue weighted by molar-refractivity contribution is 0.599. The average molecular weight is 505 g/mol. The van der Waals surface area contributed by atoms with Gasteiger partial charge in [0.25, 0.3) is 0 Å². The third kappa shape index (κ3) is 8.70. The van der Waals surface area contributed by atoms with Crippen LogP contribution in [0.5, 0.6) is 0 Å². The van der Waals surface area contributed by atoms with E-state index in [1.165, 1.54) is 24.5 Å². The molecule has 0 heterocycles. The van der Waals surface area contributed by atoms with Gasteiger partial charge in [0, 0.05) is 19.3 Å². The lowest BCUT2D eigenvalue weighted by Gasteiger charge is -2.14. The van der Waals surface area contributed by atoms with E-state index < -0.39 is 15.7 Å². The summed E-state index contributed by atoms with van der Waals surface area (Å²) in [5.74, 6) is 0.0679. The smallest absolute Gasteiger partial charge is 0.191 e. The van der Waals surface area contributed by atoms with E-state index in [4.69, 9.17) is 0 Å². The molecule has 2 N–H and O–H groups in total. The van der Waals surface area contributed by atoms with Crippen molar-refractivity contribution in [2.45, 2.75) is 25.8 Å². The maximum atomic E-state index is 13.6. The first-order valence-corrected chi connectivity index (χ1v) is 10.4. The Balaban J connectivity index is 0.00000364. The molecule has 2 aromatic carbocycles. The summed E-state index contributed by atoms with van der Waals surface area (Å²) >= 11 is 0. The Morgan fingerprint density at radius 3 is 2.41 bits per heavy atom. The van der Waals surface area contributed by atoms with Gasteiger partial charge >= 0.3 is 0 Å². The molecule has 2 rings (SSSR count). The van der Waals surface area contributed by atoms with Crippen molar-refractivity contribution in [3.63, 3.8) is 0 Å². The van der Waals surface area contributed by atoms with Crippen LogP contribution in [0.2, 0.25) is 0 Å². The Morgan fingerprint density at radius 1 is 1.07 bits per heavy atom. The lowest BCUT2D eigenvalue weighted by atomic mass is 10.1. The predicted molar refractivity (Wildman–Crippen MR) is 118 cm³/mol. The Kier molecular flexibility index (Phi) is 9.71. The highest BCUT2D eigenvalue weighted by atomic mass is 127. The highest BCUT2D eigenvalue weighted by Gasteiger charge is 2.11. The van der Waals surface area contributed by atoms with Crippen LogP contribution >= 0.6 is 24.0 Å². The Labute approximate surface area is 177 Å². The van der Waals surface area contributed by atoms with Crippen molar-refractivity contribution in [2.24, 2.45) is 4.99 Å². The molecule has 0 saturated carbocycles. The van der Waals surface area contributed by atoms with Gasteiger partial charge in [-0.1, -0.05) is 36.4 Å². The summed E-state index contributed by atoms with van der Waals surface area (Å²) in [7, 11) is -3.20. The molecule has 5 nitrogen and oxygen atoms in total. The molecule has 0 radical (unpaired) electrons. The van der Waals surface area contributed by atoms with E-state index in [9.17, 15) is 12.8 Å². The fourth-order valence-corrected chi connectivity index (χ4v) is 3.30.